The van der Waals surface area contributed by atoms with Crippen molar-refractivity contribution < 1.29 is 51.7 Å². The van der Waals surface area contributed by atoms with Crippen molar-refractivity contribution in [3.8, 4) is 22.3 Å². The minimum atomic E-state index is -0.926. The van der Waals surface area contributed by atoms with Gasteiger partial charge in [-0.25, -0.2) is 8.78 Å². The van der Waals surface area contributed by atoms with Crippen LogP contribution in [0.2, 0.25) is 0 Å². The molecule has 2 aromatic heterocycles. The number of nitrogen functional groups attached to an aromatic ring is 1. The fourth-order valence-electron chi connectivity index (χ4n) is 12.9. The molecule has 10 rings (SSSR count). The number of carbonyl (C=O) groups excluding carboxylic acids is 2. The average molecular weight is 1230 g/mol. The number of nitro benzene ring substituents is 1. The first-order chi connectivity index (χ1) is 42.3. The van der Waals surface area contributed by atoms with Crippen molar-refractivity contribution >= 4 is 35.5 Å². The smallest absolute Gasteiger partial charge is 0.308 e. The molecule has 0 unspecified atom stereocenters. The molecule has 0 radical (unpaired) electrons. The Labute approximate surface area is 529 Å². The second-order valence-corrected chi connectivity index (χ2v) is 27.6. The number of aryl methyl sites for hydroxylation is 2. The molecule has 478 valence electrons. The lowest BCUT2D eigenvalue weighted by atomic mass is 9.86. The van der Waals surface area contributed by atoms with E-state index >= 15 is 0 Å². The van der Waals surface area contributed by atoms with Gasteiger partial charge in [-0.1, -0.05) is 101 Å². The predicted molar refractivity (Wildman–Crippen MR) is 348 cm³/mol. The number of hydrogen-bond acceptors (Lipinski definition) is 13. The van der Waals surface area contributed by atoms with Gasteiger partial charge < -0.3 is 34.2 Å². The number of carbonyl (C=O) groups is 2. The van der Waals surface area contributed by atoms with E-state index in [-0.39, 0.29) is 77.2 Å². The van der Waals surface area contributed by atoms with E-state index in [1.54, 1.807) is 24.3 Å². The molecule has 0 bridgehead atoms. The molecule has 0 spiro atoms. The second-order valence-electron chi connectivity index (χ2n) is 27.6. The molecule has 2 N–H and O–H groups in total. The fourth-order valence-corrected chi connectivity index (χ4v) is 12.9. The van der Waals surface area contributed by atoms with Crippen molar-refractivity contribution in [2.75, 3.05) is 5.73 Å². The molecule has 4 atom stereocenters. The van der Waals surface area contributed by atoms with Gasteiger partial charge in [0.2, 0.25) is 0 Å². The molecule has 4 heterocycles. The van der Waals surface area contributed by atoms with Crippen LogP contribution in [0.25, 0.3) is 34.4 Å². The molecule has 2 aliphatic carbocycles. The third kappa shape index (κ3) is 16.7. The van der Waals surface area contributed by atoms with E-state index in [0.717, 1.165) is 96.9 Å². The lowest BCUT2D eigenvalue weighted by molar-refractivity contribution is -0.385. The van der Waals surface area contributed by atoms with Crippen molar-refractivity contribution in [3.05, 3.63) is 186 Å². The van der Waals surface area contributed by atoms with Crippen LogP contribution < -0.4 is 5.73 Å². The standard InChI is InChI=1S/C37H43FN2O6.C37H45FN2O4/c1-22(2)35-29(16-15-26-20-27(45-37(6,7)44-26)21-33(41)46-36(3,4)5)34(23-11-13-25(38)14-12-23)30-19-24-9-8-10-32(40(42)43)28(24)17-18-31(30)39-35;1-22(2)35-29(16-15-26-20-27(43-37(6,7)42-26)21-33(41)44-36(3,4)5)34(23-11-13-25(38)14-12-23)30-19-24-9-8-10-31(39)28(24)17-18-32(30)40-35/h8-16,22,26-27H,17-21H2,1-7H3;8-16,22,26-27H,17-21,39H2,1-7H3/b2*16-15+/t2*26-,27-/m11/s1. The number of esters is 2. The Bertz CT molecular complexity index is 3690. The molecule has 2 aliphatic heterocycles. The Balaban J connectivity index is 0.000000214. The van der Waals surface area contributed by atoms with Gasteiger partial charge in [-0.15, -0.1) is 0 Å². The largest absolute Gasteiger partial charge is 0.460 e. The van der Waals surface area contributed by atoms with Crippen LogP contribution in [0.15, 0.2) is 97.1 Å². The minimum absolute atomic E-state index is 0.0519. The number of halogens is 2. The monoisotopic (exact) mass is 1230 g/mol. The molecule has 90 heavy (non-hydrogen) atoms. The van der Waals surface area contributed by atoms with Gasteiger partial charge in [0.25, 0.3) is 5.69 Å². The van der Waals surface area contributed by atoms with Crippen molar-refractivity contribution in [3.63, 3.8) is 0 Å². The van der Waals surface area contributed by atoms with E-state index in [1.165, 1.54) is 35.4 Å². The summed E-state index contributed by atoms with van der Waals surface area (Å²) in [6, 6.07) is 24.5. The van der Waals surface area contributed by atoms with Gasteiger partial charge in [0, 0.05) is 65.5 Å². The summed E-state index contributed by atoms with van der Waals surface area (Å²) >= 11 is 0. The number of ether oxygens (including phenoxy) is 6. The highest BCUT2D eigenvalue weighted by molar-refractivity contribution is 5.83. The van der Waals surface area contributed by atoms with Crippen LogP contribution in [-0.2, 0) is 76.5 Å². The van der Waals surface area contributed by atoms with Gasteiger partial charge in [0.05, 0.1) is 53.6 Å². The SMILES string of the molecule is CC(C)c1nc2c(c(-c3ccc(F)cc3)c1/C=C/[C@@H]1C[C@H](CC(=O)OC(C)(C)C)OC(C)(C)O1)Cc1cccc(N)c1CC2.CC(C)c1nc2c(c(-c3ccc(F)cc3)c1/C=C/[C@@H]1C[C@H](CC(=O)OC(C)(C)C)OC(C)(C)O1)Cc1cccc([N+](=O)[O-])c1CC2. The number of hydrogen-bond donors (Lipinski definition) is 1. The maximum Gasteiger partial charge on any atom is 0.308 e. The molecule has 6 aromatic rings. The number of aromatic nitrogens is 2. The Hall–Kier alpha value is -7.50. The quantitative estimate of drug-likeness (QED) is 0.0499. The predicted octanol–water partition coefficient (Wildman–Crippen LogP) is 16.2. The van der Waals surface area contributed by atoms with Crippen LogP contribution in [0.4, 0.5) is 20.2 Å². The van der Waals surface area contributed by atoms with E-state index in [1.807, 2.05) is 112 Å². The molecule has 4 aliphatic rings. The molecule has 0 saturated carbocycles. The number of fused-ring (bicyclic) bond motifs is 4. The Morgan fingerprint density at radius 2 is 1.01 bits per heavy atom. The number of nitrogens with two attached hydrogens (primary N) is 1. The summed E-state index contributed by atoms with van der Waals surface area (Å²) in [5.41, 5.74) is 21.8. The number of pyridine rings is 2. The van der Waals surface area contributed by atoms with Crippen LogP contribution in [-0.4, -0.2) is 74.0 Å². The summed E-state index contributed by atoms with van der Waals surface area (Å²) in [4.78, 5) is 47.3. The molecule has 2 fully saturated rings. The van der Waals surface area contributed by atoms with E-state index in [0.29, 0.717) is 38.5 Å². The van der Waals surface area contributed by atoms with Crippen LogP contribution >= 0.6 is 0 Å². The van der Waals surface area contributed by atoms with Crippen molar-refractivity contribution in [2.45, 2.75) is 220 Å². The van der Waals surface area contributed by atoms with Gasteiger partial charge in [-0.05, 0) is 187 Å². The Kier molecular flexibility index (Phi) is 20.2. The lowest BCUT2D eigenvalue weighted by Gasteiger charge is -2.40. The summed E-state index contributed by atoms with van der Waals surface area (Å²) in [5.74, 6) is -2.84. The number of nitrogens with zero attached hydrogens (tertiary/aromatic N) is 3. The third-order valence-corrected chi connectivity index (χ3v) is 16.3. The summed E-state index contributed by atoms with van der Waals surface area (Å²) in [7, 11) is 0. The van der Waals surface area contributed by atoms with Gasteiger partial charge in [-0.2, -0.15) is 0 Å². The van der Waals surface area contributed by atoms with E-state index in [4.69, 9.17) is 44.1 Å². The van der Waals surface area contributed by atoms with Crippen LogP contribution in [0.1, 0.15) is 202 Å². The van der Waals surface area contributed by atoms with E-state index < -0.39 is 28.9 Å². The zero-order valence-corrected chi connectivity index (χ0v) is 54.7. The zero-order chi connectivity index (χ0) is 65.2. The number of anilines is 1. The van der Waals surface area contributed by atoms with Gasteiger partial charge >= 0.3 is 11.9 Å². The molecule has 0 amide bonds. The minimum Gasteiger partial charge on any atom is -0.460 e. The first-order valence-electron chi connectivity index (χ1n) is 31.5. The van der Waals surface area contributed by atoms with Gasteiger partial charge in [0.15, 0.2) is 11.6 Å². The number of rotatable bonds is 13. The number of benzene rings is 4. The van der Waals surface area contributed by atoms with E-state index in [9.17, 15) is 28.5 Å². The number of nitro groups is 1. The van der Waals surface area contributed by atoms with Gasteiger partial charge in [0.1, 0.15) is 22.8 Å². The maximum atomic E-state index is 14.2. The van der Waals surface area contributed by atoms with Crippen molar-refractivity contribution in [1.29, 1.82) is 0 Å². The van der Waals surface area contributed by atoms with Crippen molar-refractivity contribution in [2.24, 2.45) is 0 Å². The molecule has 2 saturated heterocycles. The summed E-state index contributed by atoms with van der Waals surface area (Å²) in [5, 5.41) is 11.9. The fraction of sp³-hybridized carbons (Fsp3) is 0.459. The molecular formula is C74H88F2N4O10. The van der Waals surface area contributed by atoms with Crippen molar-refractivity contribution in [1.82, 2.24) is 9.97 Å². The first-order valence-corrected chi connectivity index (χ1v) is 31.5. The lowest BCUT2D eigenvalue weighted by Crippen LogP contribution is -2.45. The van der Waals surface area contributed by atoms with Gasteiger partial charge in [-0.3, -0.25) is 29.7 Å². The average Bonchev–Trinajstić information content (AvgIpc) is 1.35. The Morgan fingerprint density at radius 3 is 1.41 bits per heavy atom. The molecule has 4 aromatic carbocycles. The summed E-state index contributed by atoms with van der Waals surface area (Å²) in [6.07, 6.45) is 11.8. The second kappa shape index (κ2) is 27.1. The van der Waals surface area contributed by atoms with Crippen LogP contribution in [0.5, 0.6) is 0 Å². The molecule has 16 heteroatoms. The summed E-state index contributed by atoms with van der Waals surface area (Å²) in [6.45, 7) is 27.0. The first kappa shape index (κ1) is 66.9. The Morgan fingerprint density at radius 1 is 0.611 bits per heavy atom. The highest BCUT2D eigenvalue weighted by atomic mass is 19.1. The third-order valence-electron chi connectivity index (χ3n) is 16.3. The highest BCUT2D eigenvalue weighted by Crippen LogP contribution is 2.43. The topological polar surface area (TPSA) is 184 Å². The van der Waals surface area contributed by atoms with Crippen LogP contribution in [0.3, 0.4) is 0 Å². The van der Waals surface area contributed by atoms with Crippen LogP contribution in [0, 0.1) is 21.7 Å². The van der Waals surface area contributed by atoms with E-state index in [2.05, 4.69) is 45.9 Å². The summed E-state index contributed by atoms with van der Waals surface area (Å²) < 4.78 is 64.2. The highest BCUT2D eigenvalue weighted by Gasteiger charge is 2.39. The molecular weight excluding hydrogens is 1140 g/mol. The molecule has 14 nitrogen and oxygen atoms in total. The maximum absolute atomic E-state index is 14.2. The normalized spacial score (nSPS) is 19.6. The zero-order valence-electron chi connectivity index (χ0n) is 54.7.